The molecule has 0 fully saturated rings. The quantitative estimate of drug-likeness (QED) is 0.0630. The zero-order chi connectivity index (χ0) is 55.2. The number of aromatic nitrogens is 6. The molecule has 1 atom stereocenters. The van der Waals surface area contributed by atoms with Gasteiger partial charge in [-0.25, -0.2) is 9.67 Å². The maximum absolute atomic E-state index is 10.7. The van der Waals surface area contributed by atoms with Crippen molar-refractivity contribution in [2.45, 2.75) is 27.7 Å². The number of anilines is 1. The van der Waals surface area contributed by atoms with Crippen LogP contribution >= 0.6 is 57.8 Å². The molecule has 390 valence electrons. The van der Waals surface area contributed by atoms with E-state index in [2.05, 4.69) is 74.9 Å². The van der Waals surface area contributed by atoms with Gasteiger partial charge < -0.3 is 29.7 Å². The Morgan fingerprint density at radius 2 is 1.27 bits per heavy atom. The molecule has 0 amide bonds. The molecular weight excluding hydrogens is 1110 g/mol. The number of benzene rings is 6. The number of fused-ring (bicyclic) bond motifs is 2. The number of azo groups is 4. The lowest BCUT2D eigenvalue weighted by molar-refractivity contribution is 0.467. The number of hydrogen-bond donors (Lipinski definition) is 5. The summed E-state index contributed by atoms with van der Waals surface area (Å²) in [6.07, 6.45) is 1.64. The largest absolute Gasteiger partial charge is 0.755 e. The standard InChI is InChI=1S/C15H10N4OS.C13H9ClN4O3S2.C11H12N4OS.C10H9ClN4O/c1-9-12(8-16)15(21-19-9)18-17-13-6-7-14(20)11-5-3-2-4-10(11)13;14-10-6-7(2-4-12(10)19)15-16-13-9-5-8(18-23(20)21)1-3-11(9)17-22-13;1-6-4-9(5-7(2)10(6)16)13-14-11-12-8(3)15-17-11;1-15-10(4-5-12-15)14-13-7-2-3-9(16)8(11)6-7/h2-7,20H,1H3;1-6,18-19H,(H,20,21);4-5,16H,1-3H3;2-6,16H,1H3/p-1. The number of halogens is 2. The van der Waals surface area contributed by atoms with Crippen LogP contribution in [0.1, 0.15) is 28.2 Å². The summed E-state index contributed by atoms with van der Waals surface area (Å²) in [6.45, 7) is 7.24. The van der Waals surface area contributed by atoms with Gasteiger partial charge in [0.05, 0.1) is 50.2 Å². The predicted octanol–water partition coefficient (Wildman–Crippen LogP) is 15.7. The normalized spacial score (nSPS) is 11.6. The summed E-state index contributed by atoms with van der Waals surface area (Å²) in [5.74, 6) is 1.84. The van der Waals surface area contributed by atoms with Crippen LogP contribution in [0.4, 0.5) is 49.4 Å². The Hall–Kier alpha value is -8.55. The Morgan fingerprint density at radius 3 is 1.88 bits per heavy atom. The Kier molecular flexibility index (Phi) is 19.2. The van der Waals surface area contributed by atoms with Gasteiger partial charge in [-0.1, -0.05) is 47.5 Å². The van der Waals surface area contributed by atoms with Crippen LogP contribution in [-0.4, -0.2) is 57.1 Å². The van der Waals surface area contributed by atoms with Crippen molar-refractivity contribution in [3.8, 4) is 29.1 Å². The summed E-state index contributed by atoms with van der Waals surface area (Å²) in [6, 6.07) is 32.1. The number of aromatic hydroxyl groups is 4. The molecule has 6 aromatic carbocycles. The summed E-state index contributed by atoms with van der Waals surface area (Å²) in [5.41, 5.74) is 6.17. The first-order chi connectivity index (χ1) is 37.0. The van der Waals surface area contributed by atoms with Crippen molar-refractivity contribution in [2.24, 2.45) is 48.0 Å². The van der Waals surface area contributed by atoms with Crippen molar-refractivity contribution in [1.29, 1.82) is 5.26 Å². The smallest absolute Gasteiger partial charge is 0.249 e. The van der Waals surface area contributed by atoms with Gasteiger partial charge in [-0.15, -0.1) is 40.9 Å². The third-order valence-electron chi connectivity index (χ3n) is 10.2. The van der Waals surface area contributed by atoms with Gasteiger partial charge in [0, 0.05) is 57.8 Å². The van der Waals surface area contributed by atoms with Crippen LogP contribution in [-0.2, 0) is 18.3 Å². The monoisotopic (exact) mass is 1150 g/mol. The number of phenols is 4. The van der Waals surface area contributed by atoms with Crippen molar-refractivity contribution < 1.29 is 29.2 Å². The van der Waals surface area contributed by atoms with E-state index in [-0.39, 0.29) is 27.3 Å². The Balaban J connectivity index is 0.000000151. The number of nitrogens with one attached hydrogen (secondary N) is 1. The highest BCUT2D eigenvalue weighted by Gasteiger charge is 2.11. The summed E-state index contributed by atoms with van der Waals surface area (Å²) in [4.78, 5) is 4.09. The highest BCUT2D eigenvalue weighted by atomic mass is 35.5. The minimum atomic E-state index is -2.40. The van der Waals surface area contributed by atoms with E-state index in [1.54, 1.807) is 85.5 Å². The zero-order valence-corrected chi connectivity index (χ0v) is 45.4. The lowest BCUT2D eigenvalue weighted by Gasteiger charge is -2.07. The molecule has 10 aromatic rings. The number of rotatable bonds is 10. The number of phenolic OH excluding ortho intramolecular Hbond substituents is 4. The lowest BCUT2D eigenvalue weighted by atomic mass is 10.1. The SMILES string of the molecule is Cc1nsc(N=Nc2cc(C)c(O)c(C)c2)n1.Cc1nsc(N=Nc2ccc(O)c3ccccc23)c1C#N.Cn1nccc1N=Nc1ccc(O)c(Cl)c1.O=S([O-])Nc1ccc2nsc(N=Nc3ccc(O)c(Cl)c3)c2c1. The molecule has 4 heterocycles. The molecule has 28 heteroatoms. The molecule has 22 nitrogen and oxygen atoms in total. The topological polar surface area (TPSA) is 325 Å². The summed E-state index contributed by atoms with van der Waals surface area (Å²) < 4.78 is 37.6. The van der Waals surface area contributed by atoms with Gasteiger partial charge in [0.25, 0.3) is 0 Å². The van der Waals surface area contributed by atoms with E-state index in [0.717, 1.165) is 45.0 Å². The van der Waals surface area contributed by atoms with E-state index in [1.807, 2.05) is 45.0 Å². The van der Waals surface area contributed by atoms with E-state index in [0.29, 0.717) is 83.1 Å². The fourth-order valence-electron chi connectivity index (χ4n) is 6.38. The molecular formula is C49H39Cl2N16O6S4-. The van der Waals surface area contributed by atoms with Gasteiger partial charge in [0.15, 0.2) is 15.8 Å². The molecule has 10 rings (SSSR count). The molecule has 0 saturated carbocycles. The number of hydrogen-bond acceptors (Lipinski definition) is 23. The zero-order valence-electron chi connectivity index (χ0n) is 40.7. The van der Waals surface area contributed by atoms with Gasteiger partial charge in [-0.05, 0) is 141 Å². The molecule has 1 unspecified atom stereocenters. The fraction of sp³-hybridized carbons (Fsp3) is 0.102. The Labute approximate surface area is 462 Å². The van der Waals surface area contributed by atoms with Gasteiger partial charge in [0.2, 0.25) is 5.13 Å². The predicted molar refractivity (Wildman–Crippen MR) is 298 cm³/mol. The highest BCUT2D eigenvalue weighted by Crippen LogP contribution is 2.37. The second kappa shape index (κ2) is 26.3. The molecule has 0 spiro atoms. The maximum atomic E-state index is 10.7. The van der Waals surface area contributed by atoms with Gasteiger partial charge >= 0.3 is 0 Å². The molecule has 0 aliphatic heterocycles. The second-order valence-corrected chi connectivity index (χ2v) is 19.4. The van der Waals surface area contributed by atoms with Crippen LogP contribution in [0.25, 0.3) is 21.7 Å². The lowest BCUT2D eigenvalue weighted by Crippen LogP contribution is -2.01. The van der Waals surface area contributed by atoms with Crippen LogP contribution in [0.3, 0.4) is 0 Å². The summed E-state index contributed by atoms with van der Waals surface area (Å²) in [5, 5.41) is 87.8. The third-order valence-corrected chi connectivity index (χ3v) is 13.5. The fourth-order valence-corrected chi connectivity index (χ4v) is 8.91. The molecule has 5 N–H and O–H groups in total. The second-order valence-electron chi connectivity index (χ2n) is 15.7. The van der Waals surface area contributed by atoms with Crippen LogP contribution in [0.5, 0.6) is 23.0 Å². The van der Waals surface area contributed by atoms with Crippen molar-refractivity contribution in [2.75, 3.05) is 4.72 Å². The molecule has 77 heavy (non-hydrogen) atoms. The van der Waals surface area contributed by atoms with E-state index >= 15 is 0 Å². The molecule has 0 radical (unpaired) electrons. The number of nitriles is 1. The molecule has 0 saturated heterocycles. The van der Waals surface area contributed by atoms with E-state index in [4.69, 9.17) is 28.5 Å². The van der Waals surface area contributed by atoms with Crippen LogP contribution in [0, 0.1) is 39.0 Å². The van der Waals surface area contributed by atoms with Gasteiger partial charge in [0.1, 0.15) is 40.5 Å². The highest BCUT2D eigenvalue weighted by molar-refractivity contribution is 7.80. The van der Waals surface area contributed by atoms with Crippen molar-refractivity contribution in [3.63, 3.8) is 0 Å². The first kappa shape index (κ1) is 56.2. The van der Waals surface area contributed by atoms with Crippen molar-refractivity contribution >= 4 is 140 Å². The average molecular weight is 1150 g/mol. The number of aryl methyl sites for hydroxylation is 5. The summed E-state index contributed by atoms with van der Waals surface area (Å²) in [7, 11) is 1.78. The molecule has 4 aromatic heterocycles. The van der Waals surface area contributed by atoms with Gasteiger partial charge in [-0.2, -0.15) is 23.5 Å². The van der Waals surface area contributed by atoms with Crippen LogP contribution in [0.2, 0.25) is 10.0 Å². The summed E-state index contributed by atoms with van der Waals surface area (Å²) >= 11 is 12.6. The molecule has 0 bridgehead atoms. The average Bonchev–Trinajstić information content (AvgIpc) is 4.24. The first-order valence-electron chi connectivity index (χ1n) is 22.0. The maximum Gasteiger partial charge on any atom is 0.249 e. The van der Waals surface area contributed by atoms with Crippen LogP contribution < -0.4 is 4.72 Å². The molecule has 0 aliphatic rings. The van der Waals surface area contributed by atoms with Gasteiger partial charge in [-0.3, -0.25) is 4.21 Å². The van der Waals surface area contributed by atoms with Crippen molar-refractivity contribution in [1.82, 2.24) is 27.9 Å². The minimum absolute atomic E-state index is 0.0288. The molecule has 0 aliphatic carbocycles. The van der Waals surface area contributed by atoms with E-state index < -0.39 is 11.3 Å². The van der Waals surface area contributed by atoms with E-state index in [1.165, 1.54) is 35.8 Å². The Bertz CT molecular complexity index is 3910. The first-order valence-corrected chi connectivity index (χ1v) is 26.2. The third kappa shape index (κ3) is 15.3. The van der Waals surface area contributed by atoms with Crippen molar-refractivity contribution in [3.05, 3.63) is 154 Å². The van der Waals surface area contributed by atoms with E-state index in [9.17, 15) is 29.2 Å². The Morgan fingerprint density at radius 1 is 0.649 bits per heavy atom. The minimum Gasteiger partial charge on any atom is -0.755 e. The number of nitrogens with zero attached hydrogens (tertiary/aromatic N) is 15. The van der Waals surface area contributed by atoms with Crippen LogP contribution in [0.15, 0.2) is 156 Å².